The minimum Gasteiger partial charge on any atom is -1.00 e. The minimum atomic E-state index is -2.31. The molecule has 0 bridgehead atoms. The topological polar surface area (TPSA) is 0 Å². The number of benzene rings is 2. The largest absolute Gasteiger partial charge is 2.00 e. The summed E-state index contributed by atoms with van der Waals surface area (Å²) in [4.78, 5) is 0. The van der Waals surface area contributed by atoms with Gasteiger partial charge in [0.05, 0.1) is 17.5 Å². The van der Waals surface area contributed by atoms with Crippen LogP contribution in [0.3, 0.4) is 0 Å². The van der Waals surface area contributed by atoms with E-state index in [1.165, 1.54) is 6.07 Å². The van der Waals surface area contributed by atoms with Crippen molar-refractivity contribution in [1.29, 1.82) is 0 Å². The molecule has 19 heavy (non-hydrogen) atoms. The van der Waals surface area contributed by atoms with Crippen LogP contribution in [0, 0.1) is 46.8 Å². The van der Waals surface area contributed by atoms with Crippen LogP contribution in [0.5, 0.6) is 0 Å². The fraction of sp³-hybridized carbons (Fsp3) is 0. The van der Waals surface area contributed by atoms with E-state index in [9.17, 15) is 30.7 Å². The Balaban J connectivity index is 0.00000162. The zero-order valence-electron chi connectivity index (χ0n) is 8.73. The van der Waals surface area contributed by atoms with Crippen LogP contribution in [0.25, 0.3) is 10.8 Å². The molecule has 0 heterocycles. The SMILES string of the molecule is Fc1[c-]c2c(F)c(F)c(F)c(F)c2c(F)c1F.[Br-].[Mg+2]. The molecule has 0 aliphatic heterocycles. The van der Waals surface area contributed by atoms with Gasteiger partial charge in [-0.1, -0.05) is 11.5 Å². The Morgan fingerprint density at radius 3 is 1.53 bits per heavy atom. The third-order valence-corrected chi connectivity index (χ3v) is 2.11. The van der Waals surface area contributed by atoms with Crippen molar-refractivity contribution in [3.05, 3.63) is 46.8 Å². The summed E-state index contributed by atoms with van der Waals surface area (Å²) in [5.41, 5.74) is 0. The summed E-state index contributed by atoms with van der Waals surface area (Å²) in [6.07, 6.45) is 0. The fourth-order valence-corrected chi connectivity index (χ4v) is 1.33. The second-order valence-corrected chi connectivity index (χ2v) is 3.07. The standard InChI is InChI=1S/C10F7.BrH.Mg/c11-3-1-2-4(7(14)6(3)13)8(15)10(17)9(16)5(2)12;;/h;1H;/q-1;;+2/p-1. The molecule has 0 saturated heterocycles. The quantitative estimate of drug-likeness (QED) is 0.208. The first-order valence-electron chi connectivity index (χ1n) is 4.07. The van der Waals surface area contributed by atoms with Gasteiger partial charge in [-0.2, -0.15) is 0 Å². The van der Waals surface area contributed by atoms with Crippen molar-refractivity contribution in [2.24, 2.45) is 0 Å². The molecule has 0 aromatic heterocycles. The second kappa shape index (κ2) is 6.27. The van der Waals surface area contributed by atoms with Crippen LogP contribution < -0.4 is 17.0 Å². The normalized spacial score (nSPS) is 10.1. The maximum atomic E-state index is 13.1. The van der Waals surface area contributed by atoms with E-state index in [1.54, 1.807) is 0 Å². The van der Waals surface area contributed by atoms with Crippen LogP contribution in [-0.2, 0) is 0 Å². The molecule has 0 unspecified atom stereocenters. The van der Waals surface area contributed by atoms with Crippen molar-refractivity contribution in [3.8, 4) is 0 Å². The number of halogens is 8. The van der Waals surface area contributed by atoms with E-state index >= 15 is 0 Å². The molecule has 2 aromatic rings. The van der Waals surface area contributed by atoms with Gasteiger partial charge in [0, 0.05) is 0 Å². The summed E-state index contributed by atoms with van der Waals surface area (Å²) < 4.78 is 90.1. The average Bonchev–Trinajstić information content (AvgIpc) is 2.30. The number of hydrogen-bond acceptors (Lipinski definition) is 0. The van der Waals surface area contributed by atoms with E-state index in [1.807, 2.05) is 0 Å². The number of rotatable bonds is 0. The molecule has 0 aliphatic carbocycles. The van der Waals surface area contributed by atoms with Crippen LogP contribution in [0.15, 0.2) is 0 Å². The van der Waals surface area contributed by atoms with Gasteiger partial charge in [-0.3, -0.25) is 8.78 Å². The van der Waals surface area contributed by atoms with Gasteiger partial charge >= 0.3 is 23.1 Å². The van der Waals surface area contributed by atoms with Gasteiger partial charge in [0.1, 0.15) is 11.6 Å². The number of fused-ring (bicyclic) bond motifs is 1. The molecule has 0 atom stereocenters. The van der Waals surface area contributed by atoms with E-state index in [0.717, 1.165) is 0 Å². The second-order valence-electron chi connectivity index (χ2n) is 3.07. The van der Waals surface area contributed by atoms with E-state index in [-0.39, 0.29) is 40.0 Å². The Labute approximate surface area is 128 Å². The summed E-state index contributed by atoms with van der Waals surface area (Å²) in [7, 11) is 0. The summed E-state index contributed by atoms with van der Waals surface area (Å²) in [6.45, 7) is 0. The van der Waals surface area contributed by atoms with Crippen molar-refractivity contribution >= 4 is 33.8 Å². The van der Waals surface area contributed by atoms with E-state index in [4.69, 9.17) is 0 Å². The Morgan fingerprint density at radius 2 is 1.00 bits per heavy atom. The first-order chi connectivity index (χ1) is 7.86. The summed E-state index contributed by atoms with van der Waals surface area (Å²) in [6, 6.07) is 1.27. The molecule has 0 N–H and O–H groups in total. The fourth-order valence-electron chi connectivity index (χ4n) is 1.33. The first-order valence-corrected chi connectivity index (χ1v) is 4.07. The van der Waals surface area contributed by atoms with Gasteiger partial charge in [-0.15, -0.1) is 0 Å². The predicted octanol–water partition coefficient (Wildman–Crippen LogP) is 0.237. The molecule has 2 rings (SSSR count). The van der Waals surface area contributed by atoms with E-state index in [0.29, 0.717) is 0 Å². The minimum absolute atomic E-state index is 0. The van der Waals surface area contributed by atoms with Gasteiger partial charge < -0.3 is 17.0 Å². The Morgan fingerprint density at radius 1 is 0.579 bits per heavy atom. The molecule has 2 aromatic carbocycles. The summed E-state index contributed by atoms with van der Waals surface area (Å²) >= 11 is 0. The molecule has 0 aliphatic rings. The van der Waals surface area contributed by atoms with Crippen LogP contribution in [0.2, 0.25) is 0 Å². The molecule has 0 saturated carbocycles. The molecule has 98 valence electrons. The van der Waals surface area contributed by atoms with Crippen molar-refractivity contribution in [2.45, 2.75) is 0 Å². The molecule has 0 amide bonds. The molecular formula is C10BrF7Mg. The van der Waals surface area contributed by atoms with Crippen molar-refractivity contribution < 1.29 is 47.7 Å². The summed E-state index contributed by atoms with van der Waals surface area (Å²) in [5.74, 6) is -15.0. The zero-order chi connectivity index (χ0) is 12.9. The van der Waals surface area contributed by atoms with Crippen molar-refractivity contribution in [3.63, 3.8) is 0 Å². The summed E-state index contributed by atoms with van der Waals surface area (Å²) in [5, 5.41) is -2.86. The van der Waals surface area contributed by atoms with Gasteiger partial charge in [-0.05, 0) is 5.39 Å². The van der Waals surface area contributed by atoms with Crippen LogP contribution >= 0.6 is 0 Å². The van der Waals surface area contributed by atoms with E-state index in [2.05, 4.69) is 0 Å². The molecule has 0 radical (unpaired) electrons. The maximum absolute atomic E-state index is 13.1. The monoisotopic (exact) mass is 356 g/mol. The van der Waals surface area contributed by atoms with Crippen molar-refractivity contribution in [2.75, 3.05) is 0 Å². The van der Waals surface area contributed by atoms with Gasteiger partial charge in [-0.25, -0.2) is 22.0 Å². The number of hydrogen-bond donors (Lipinski definition) is 0. The Kier molecular flexibility index (Phi) is 6.09. The molecular weight excluding hydrogens is 357 g/mol. The Hall–Kier alpha value is -0.544. The third-order valence-electron chi connectivity index (χ3n) is 2.11. The predicted molar refractivity (Wildman–Crippen MR) is 48.2 cm³/mol. The van der Waals surface area contributed by atoms with Crippen molar-refractivity contribution in [1.82, 2.24) is 0 Å². The average molecular weight is 357 g/mol. The first kappa shape index (κ1) is 18.5. The molecule has 0 nitrogen and oxygen atoms in total. The van der Waals surface area contributed by atoms with E-state index < -0.39 is 51.5 Å². The van der Waals surface area contributed by atoms with Gasteiger partial charge in [0.25, 0.3) is 0 Å². The van der Waals surface area contributed by atoms with Crippen LogP contribution in [-0.4, -0.2) is 23.1 Å². The zero-order valence-corrected chi connectivity index (χ0v) is 11.7. The van der Waals surface area contributed by atoms with Crippen LogP contribution in [0.4, 0.5) is 30.7 Å². The van der Waals surface area contributed by atoms with Gasteiger partial charge in [0.2, 0.25) is 0 Å². The van der Waals surface area contributed by atoms with Crippen LogP contribution in [0.1, 0.15) is 0 Å². The Bertz CT molecular complexity index is 636. The molecule has 0 spiro atoms. The molecule has 0 fully saturated rings. The third kappa shape index (κ3) is 2.68. The molecule has 9 heteroatoms. The van der Waals surface area contributed by atoms with Gasteiger partial charge in [0.15, 0.2) is 11.6 Å². The maximum Gasteiger partial charge on any atom is 2.00 e. The smallest absolute Gasteiger partial charge is 1.00 e.